The van der Waals surface area contributed by atoms with Crippen molar-refractivity contribution in [2.75, 3.05) is 0 Å². The third-order valence-corrected chi connectivity index (χ3v) is 4.38. The molecule has 0 unspecified atom stereocenters. The minimum atomic E-state index is -0.193. The number of carbonyl (C=O) groups is 1. The van der Waals surface area contributed by atoms with Crippen molar-refractivity contribution in [3.8, 4) is 0 Å². The van der Waals surface area contributed by atoms with Gasteiger partial charge in [-0.25, -0.2) is 4.39 Å². The van der Waals surface area contributed by atoms with Gasteiger partial charge in [0.1, 0.15) is 5.82 Å². The fourth-order valence-corrected chi connectivity index (χ4v) is 3.38. The van der Waals surface area contributed by atoms with Crippen LogP contribution in [0.3, 0.4) is 0 Å². The summed E-state index contributed by atoms with van der Waals surface area (Å²) < 4.78 is 12.9. The van der Waals surface area contributed by atoms with Gasteiger partial charge in [-0.15, -0.1) is 0 Å². The average Bonchev–Trinajstić information content (AvgIpc) is 2.76. The molecular weight excluding hydrogens is 255 g/mol. The SMILES string of the molecule is O=C1CCCC[C@@H]2N[C@@H](Cc3ccc(F)cc3)C[C@H]2N1. The molecule has 1 amide bonds. The van der Waals surface area contributed by atoms with Gasteiger partial charge in [-0.3, -0.25) is 4.79 Å². The molecular formula is C16H21FN2O. The molecule has 3 atom stereocenters. The predicted octanol–water partition coefficient (Wildman–Crippen LogP) is 2.16. The summed E-state index contributed by atoms with van der Waals surface area (Å²) in [5.41, 5.74) is 1.14. The molecule has 20 heavy (non-hydrogen) atoms. The molecule has 0 radical (unpaired) electrons. The van der Waals surface area contributed by atoms with Crippen LogP contribution in [-0.2, 0) is 11.2 Å². The smallest absolute Gasteiger partial charge is 0.220 e. The molecule has 0 spiro atoms. The second kappa shape index (κ2) is 5.92. The van der Waals surface area contributed by atoms with Gasteiger partial charge in [-0.2, -0.15) is 0 Å². The number of hydrogen-bond acceptors (Lipinski definition) is 2. The van der Waals surface area contributed by atoms with Crippen molar-refractivity contribution in [2.24, 2.45) is 0 Å². The first kappa shape index (κ1) is 13.6. The van der Waals surface area contributed by atoms with E-state index in [0.717, 1.165) is 37.7 Å². The summed E-state index contributed by atoms with van der Waals surface area (Å²) in [6.07, 6.45) is 5.75. The van der Waals surface area contributed by atoms with Crippen LogP contribution in [0.2, 0.25) is 0 Å². The van der Waals surface area contributed by atoms with Crippen LogP contribution in [0.15, 0.2) is 24.3 Å². The van der Waals surface area contributed by atoms with Crippen LogP contribution in [0.25, 0.3) is 0 Å². The zero-order chi connectivity index (χ0) is 13.9. The fraction of sp³-hybridized carbons (Fsp3) is 0.562. The summed E-state index contributed by atoms with van der Waals surface area (Å²) in [7, 11) is 0. The van der Waals surface area contributed by atoms with Crippen molar-refractivity contribution in [1.82, 2.24) is 10.6 Å². The second-order valence-electron chi connectivity index (χ2n) is 5.96. The van der Waals surface area contributed by atoms with E-state index in [9.17, 15) is 9.18 Å². The maximum atomic E-state index is 12.9. The molecule has 0 aromatic heterocycles. The Morgan fingerprint density at radius 3 is 2.75 bits per heavy atom. The highest BCUT2D eigenvalue weighted by atomic mass is 19.1. The largest absolute Gasteiger partial charge is 0.352 e. The van der Waals surface area contributed by atoms with Gasteiger partial charge in [0.05, 0.1) is 0 Å². The monoisotopic (exact) mass is 276 g/mol. The van der Waals surface area contributed by atoms with Gasteiger partial charge in [0.25, 0.3) is 0 Å². The Hall–Kier alpha value is -1.42. The molecule has 3 rings (SSSR count). The summed E-state index contributed by atoms with van der Waals surface area (Å²) in [4.78, 5) is 11.7. The van der Waals surface area contributed by atoms with E-state index >= 15 is 0 Å². The molecule has 2 aliphatic rings. The van der Waals surface area contributed by atoms with E-state index in [-0.39, 0.29) is 17.8 Å². The maximum Gasteiger partial charge on any atom is 0.220 e. The number of amides is 1. The molecule has 0 bridgehead atoms. The first-order valence-electron chi connectivity index (χ1n) is 7.50. The van der Waals surface area contributed by atoms with Gasteiger partial charge < -0.3 is 10.6 Å². The predicted molar refractivity (Wildman–Crippen MR) is 75.8 cm³/mol. The van der Waals surface area contributed by atoms with Crippen LogP contribution in [0.4, 0.5) is 4.39 Å². The lowest BCUT2D eigenvalue weighted by molar-refractivity contribution is -0.122. The third-order valence-electron chi connectivity index (χ3n) is 4.38. The highest BCUT2D eigenvalue weighted by molar-refractivity contribution is 5.76. The van der Waals surface area contributed by atoms with E-state index in [1.54, 1.807) is 0 Å². The van der Waals surface area contributed by atoms with Gasteiger partial charge in [-0.1, -0.05) is 18.6 Å². The van der Waals surface area contributed by atoms with Crippen LogP contribution in [0.1, 0.15) is 37.7 Å². The first-order valence-corrected chi connectivity index (χ1v) is 7.50. The van der Waals surface area contributed by atoms with Crippen LogP contribution in [0.5, 0.6) is 0 Å². The Bertz CT molecular complexity index is 474. The minimum absolute atomic E-state index is 0.184. The topological polar surface area (TPSA) is 41.1 Å². The van der Waals surface area contributed by atoms with E-state index in [1.807, 2.05) is 12.1 Å². The summed E-state index contributed by atoms with van der Waals surface area (Å²) in [5, 5.41) is 6.78. The van der Waals surface area contributed by atoms with Crippen LogP contribution >= 0.6 is 0 Å². The quantitative estimate of drug-likeness (QED) is 0.869. The van der Waals surface area contributed by atoms with E-state index in [2.05, 4.69) is 10.6 Å². The minimum Gasteiger partial charge on any atom is -0.352 e. The summed E-state index contributed by atoms with van der Waals surface area (Å²) in [6, 6.07) is 7.72. The van der Waals surface area contributed by atoms with Crippen molar-refractivity contribution in [1.29, 1.82) is 0 Å². The van der Waals surface area contributed by atoms with Crippen molar-refractivity contribution in [3.05, 3.63) is 35.6 Å². The van der Waals surface area contributed by atoms with E-state index < -0.39 is 0 Å². The van der Waals surface area contributed by atoms with Gasteiger partial charge in [0, 0.05) is 24.5 Å². The lowest BCUT2D eigenvalue weighted by Gasteiger charge is -2.23. The Morgan fingerprint density at radius 1 is 1.15 bits per heavy atom. The van der Waals surface area contributed by atoms with Crippen LogP contribution < -0.4 is 10.6 Å². The highest BCUT2D eigenvalue weighted by Crippen LogP contribution is 2.23. The van der Waals surface area contributed by atoms with Gasteiger partial charge >= 0.3 is 0 Å². The third kappa shape index (κ3) is 3.18. The van der Waals surface area contributed by atoms with Gasteiger partial charge in [-0.05, 0) is 43.4 Å². The molecule has 2 heterocycles. The summed E-state index contributed by atoms with van der Waals surface area (Å²) >= 11 is 0. The fourth-order valence-electron chi connectivity index (χ4n) is 3.38. The number of hydrogen-bond donors (Lipinski definition) is 2. The van der Waals surface area contributed by atoms with Gasteiger partial charge in [0.15, 0.2) is 0 Å². The number of fused-ring (bicyclic) bond motifs is 1. The molecule has 1 aromatic rings. The summed E-state index contributed by atoms with van der Waals surface area (Å²) in [5.74, 6) is -0.00836. The molecule has 3 nitrogen and oxygen atoms in total. The normalized spacial score (nSPS) is 30.2. The number of carbonyl (C=O) groups excluding carboxylic acids is 1. The van der Waals surface area contributed by atoms with E-state index in [4.69, 9.17) is 0 Å². The number of nitrogens with one attached hydrogen (secondary N) is 2. The number of rotatable bonds is 2. The second-order valence-corrected chi connectivity index (χ2v) is 5.96. The molecule has 2 saturated heterocycles. The van der Waals surface area contributed by atoms with E-state index in [1.165, 1.54) is 12.1 Å². The highest BCUT2D eigenvalue weighted by Gasteiger charge is 2.34. The van der Waals surface area contributed by atoms with Gasteiger partial charge in [0.2, 0.25) is 5.91 Å². The van der Waals surface area contributed by atoms with Crippen molar-refractivity contribution >= 4 is 5.91 Å². The number of benzene rings is 1. The molecule has 0 saturated carbocycles. The Kier molecular flexibility index (Phi) is 4.01. The standard InChI is InChI=1S/C16H21FN2O/c17-12-7-5-11(6-8-12)9-13-10-15-14(18-13)3-1-2-4-16(20)19-15/h5-8,13-15,18H,1-4,9-10H2,(H,19,20)/t13-,14-,15+/m0/s1. The average molecular weight is 276 g/mol. The van der Waals surface area contributed by atoms with Crippen LogP contribution in [-0.4, -0.2) is 24.0 Å². The van der Waals surface area contributed by atoms with Crippen molar-refractivity contribution in [2.45, 2.75) is 56.7 Å². The summed E-state index contributed by atoms with van der Waals surface area (Å²) in [6.45, 7) is 0. The maximum absolute atomic E-state index is 12.9. The molecule has 4 heteroatoms. The molecule has 1 aromatic carbocycles. The molecule has 2 N–H and O–H groups in total. The lowest BCUT2D eigenvalue weighted by Crippen LogP contribution is -2.44. The van der Waals surface area contributed by atoms with Crippen molar-refractivity contribution in [3.63, 3.8) is 0 Å². The Labute approximate surface area is 118 Å². The lowest BCUT2D eigenvalue weighted by atomic mass is 9.98. The van der Waals surface area contributed by atoms with Crippen molar-refractivity contribution < 1.29 is 9.18 Å². The Balaban J connectivity index is 1.62. The first-order chi connectivity index (χ1) is 9.70. The zero-order valence-corrected chi connectivity index (χ0v) is 11.6. The molecule has 2 fully saturated rings. The Morgan fingerprint density at radius 2 is 1.95 bits per heavy atom. The van der Waals surface area contributed by atoms with Crippen LogP contribution in [0, 0.1) is 5.82 Å². The number of halogens is 1. The molecule has 0 aliphatic carbocycles. The zero-order valence-electron chi connectivity index (χ0n) is 11.6. The molecule has 2 aliphatic heterocycles. The van der Waals surface area contributed by atoms with E-state index in [0.29, 0.717) is 18.5 Å². The molecule has 108 valence electrons.